The van der Waals surface area contributed by atoms with Crippen LogP contribution in [0.4, 0.5) is 0 Å². The van der Waals surface area contributed by atoms with Gasteiger partial charge in [-0.2, -0.15) is 0 Å². The molecule has 0 spiro atoms. The van der Waals surface area contributed by atoms with Gasteiger partial charge in [0.25, 0.3) is 0 Å². The zero-order chi connectivity index (χ0) is 13.4. The largest absolute Gasteiger partial charge is 0.479 e. The molecule has 0 radical (unpaired) electrons. The van der Waals surface area contributed by atoms with Gasteiger partial charge in [-0.1, -0.05) is 38.5 Å². The molecule has 0 saturated carbocycles. The first-order valence-corrected chi connectivity index (χ1v) is 6.51. The number of carbonyl (C=O) groups is 1. The van der Waals surface area contributed by atoms with Crippen LogP contribution in [0.5, 0.6) is 5.75 Å². The molecule has 0 bridgehead atoms. The Hall–Kier alpha value is -1.51. The molecule has 0 saturated heterocycles. The van der Waals surface area contributed by atoms with Gasteiger partial charge in [0.05, 0.1) is 6.61 Å². The van der Waals surface area contributed by atoms with Crippen molar-refractivity contribution >= 4 is 5.97 Å². The quantitative estimate of drug-likeness (QED) is 0.695. The zero-order valence-corrected chi connectivity index (χ0v) is 11.4. The minimum atomic E-state index is -0.568. The molecule has 0 aliphatic carbocycles. The number of rotatable bonds is 7. The number of hydrogen-bond acceptors (Lipinski definition) is 3. The minimum absolute atomic E-state index is 0.304. The average molecular weight is 250 g/mol. The van der Waals surface area contributed by atoms with Crippen molar-refractivity contribution in [2.75, 3.05) is 6.61 Å². The van der Waals surface area contributed by atoms with E-state index in [1.165, 1.54) is 0 Å². The van der Waals surface area contributed by atoms with Crippen molar-refractivity contribution in [3.63, 3.8) is 0 Å². The fourth-order valence-electron chi connectivity index (χ4n) is 1.67. The molecule has 0 N–H and O–H groups in total. The molecule has 1 aromatic rings. The van der Waals surface area contributed by atoms with Crippen molar-refractivity contribution in [3.8, 4) is 5.75 Å². The number of hydrogen-bond donors (Lipinski definition) is 0. The molecular weight excluding hydrogens is 228 g/mol. The smallest absolute Gasteiger partial charge is 0.347 e. The lowest BCUT2D eigenvalue weighted by atomic mass is 10.1. The molecule has 0 heterocycles. The summed E-state index contributed by atoms with van der Waals surface area (Å²) in [5, 5.41) is 0. The standard InChI is InChI=1S/C15H22O3/c1-4-8-12(2)11-17-15(16)13(3)18-14-9-6-5-7-10-14/h5-7,9-10,12-13H,4,8,11H2,1-3H3. The van der Waals surface area contributed by atoms with E-state index in [9.17, 15) is 4.79 Å². The SMILES string of the molecule is CCCC(C)COC(=O)C(C)Oc1ccccc1. The summed E-state index contributed by atoms with van der Waals surface area (Å²) in [6, 6.07) is 9.29. The minimum Gasteiger partial charge on any atom is -0.479 e. The maximum Gasteiger partial charge on any atom is 0.347 e. The van der Waals surface area contributed by atoms with Crippen LogP contribution in [0.25, 0.3) is 0 Å². The first-order chi connectivity index (χ1) is 8.63. The Balaban J connectivity index is 2.33. The van der Waals surface area contributed by atoms with Crippen molar-refractivity contribution in [1.82, 2.24) is 0 Å². The Labute approximate surface area is 109 Å². The normalized spacial score (nSPS) is 13.7. The van der Waals surface area contributed by atoms with Gasteiger partial charge in [0.15, 0.2) is 6.10 Å². The molecule has 0 aliphatic heterocycles. The van der Waals surface area contributed by atoms with E-state index >= 15 is 0 Å². The van der Waals surface area contributed by atoms with E-state index in [1.807, 2.05) is 30.3 Å². The summed E-state index contributed by atoms with van der Waals surface area (Å²) in [7, 11) is 0. The van der Waals surface area contributed by atoms with Gasteiger partial charge < -0.3 is 9.47 Å². The second kappa shape index (κ2) is 7.75. The Morgan fingerprint density at radius 2 is 1.89 bits per heavy atom. The van der Waals surface area contributed by atoms with Gasteiger partial charge >= 0.3 is 5.97 Å². The number of carbonyl (C=O) groups excluding carboxylic acids is 1. The van der Waals surface area contributed by atoms with Crippen LogP contribution >= 0.6 is 0 Å². The van der Waals surface area contributed by atoms with Crippen molar-refractivity contribution in [2.24, 2.45) is 5.92 Å². The van der Waals surface area contributed by atoms with Gasteiger partial charge in [0.1, 0.15) is 5.75 Å². The van der Waals surface area contributed by atoms with E-state index in [2.05, 4.69) is 13.8 Å². The van der Waals surface area contributed by atoms with E-state index in [0.717, 1.165) is 12.8 Å². The summed E-state index contributed by atoms with van der Waals surface area (Å²) in [5.74, 6) is 0.785. The lowest BCUT2D eigenvalue weighted by molar-refractivity contribution is -0.152. The average Bonchev–Trinajstić information content (AvgIpc) is 2.37. The summed E-state index contributed by atoms with van der Waals surface area (Å²) in [5.41, 5.74) is 0. The molecular formula is C15H22O3. The Kier molecular flexibility index (Phi) is 6.26. The van der Waals surface area contributed by atoms with Crippen LogP contribution in [-0.2, 0) is 9.53 Å². The molecule has 0 aromatic heterocycles. The summed E-state index contributed by atoms with van der Waals surface area (Å²) in [4.78, 5) is 11.7. The second-order valence-electron chi connectivity index (χ2n) is 4.60. The van der Waals surface area contributed by atoms with E-state index in [0.29, 0.717) is 18.3 Å². The Morgan fingerprint density at radius 3 is 2.50 bits per heavy atom. The summed E-state index contributed by atoms with van der Waals surface area (Å²) in [6.07, 6.45) is 1.61. The Bertz CT molecular complexity index is 348. The predicted molar refractivity (Wildman–Crippen MR) is 71.6 cm³/mol. The third-order valence-electron chi connectivity index (χ3n) is 2.68. The van der Waals surface area contributed by atoms with Gasteiger partial charge in [-0.15, -0.1) is 0 Å². The highest BCUT2D eigenvalue weighted by Crippen LogP contribution is 2.12. The Morgan fingerprint density at radius 1 is 1.22 bits per heavy atom. The van der Waals surface area contributed by atoms with E-state index < -0.39 is 6.10 Å². The van der Waals surface area contributed by atoms with Gasteiger partial charge in [-0.05, 0) is 31.4 Å². The van der Waals surface area contributed by atoms with Crippen molar-refractivity contribution < 1.29 is 14.3 Å². The van der Waals surface area contributed by atoms with Crippen LogP contribution in [0, 0.1) is 5.92 Å². The van der Waals surface area contributed by atoms with Crippen molar-refractivity contribution in [2.45, 2.75) is 39.7 Å². The van der Waals surface area contributed by atoms with Gasteiger partial charge in [-0.3, -0.25) is 0 Å². The van der Waals surface area contributed by atoms with Crippen LogP contribution in [0.15, 0.2) is 30.3 Å². The molecule has 1 rings (SSSR count). The molecule has 2 unspecified atom stereocenters. The number of para-hydroxylation sites is 1. The third kappa shape index (κ3) is 5.21. The fourth-order valence-corrected chi connectivity index (χ4v) is 1.67. The second-order valence-corrected chi connectivity index (χ2v) is 4.60. The molecule has 18 heavy (non-hydrogen) atoms. The first kappa shape index (κ1) is 14.6. The highest BCUT2D eigenvalue weighted by molar-refractivity contribution is 5.74. The van der Waals surface area contributed by atoms with E-state index in [1.54, 1.807) is 6.92 Å². The van der Waals surface area contributed by atoms with Crippen LogP contribution in [-0.4, -0.2) is 18.7 Å². The lowest BCUT2D eigenvalue weighted by Crippen LogP contribution is -2.27. The van der Waals surface area contributed by atoms with Crippen LogP contribution in [0.3, 0.4) is 0 Å². The van der Waals surface area contributed by atoms with Crippen molar-refractivity contribution in [3.05, 3.63) is 30.3 Å². The highest BCUT2D eigenvalue weighted by atomic mass is 16.6. The number of esters is 1. The maximum atomic E-state index is 11.7. The molecule has 3 nitrogen and oxygen atoms in total. The van der Waals surface area contributed by atoms with Crippen LogP contribution in [0.1, 0.15) is 33.6 Å². The van der Waals surface area contributed by atoms with Gasteiger partial charge in [-0.25, -0.2) is 4.79 Å². The molecule has 100 valence electrons. The number of benzene rings is 1. The molecule has 0 amide bonds. The van der Waals surface area contributed by atoms with Gasteiger partial charge in [0, 0.05) is 0 Å². The zero-order valence-electron chi connectivity index (χ0n) is 11.4. The highest BCUT2D eigenvalue weighted by Gasteiger charge is 2.17. The summed E-state index contributed by atoms with van der Waals surface area (Å²) in [6.45, 7) is 6.38. The molecule has 0 fully saturated rings. The molecule has 1 aromatic carbocycles. The first-order valence-electron chi connectivity index (χ1n) is 6.51. The van der Waals surface area contributed by atoms with E-state index in [4.69, 9.17) is 9.47 Å². The summed E-state index contributed by atoms with van der Waals surface area (Å²) >= 11 is 0. The van der Waals surface area contributed by atoms with E-state index in [-0.39, 0.29) is 5.97 Å². The van der Waals surface area contributed by atoms with Gasteiger partial charge in [0.2, 0.25) is 0 Å². The third-order valence-corrected chi connectivity index (χ3v) is 2.68. The van der Waals surface area contributed by atoms with Crippen LogP contribution in [0.2, 0.25) is 0 Å². The molecule has 2 atom stereocenters. The fraction of sp³-hybridized carbons (Fsp3) is 0.533. The molecule has 0 aliphatic rings. The lowest BCUT2D eigenvalue weighted by Gasteiger charge is -2.16. The predicted octanol–water partition coefficient (Wildman–Crippen LogP) is 3.43. The number of ether oxygens (including phenoxy) is 2. The monoisotopic (exact) mass is 250 g/mol. The summed E-state index contributed by atoms with van der Waals surface area (Å²) < 4.78 is 10.7. The van der Waals surface area contributed by atoms with Crippen molar-refractivity contribution in [1.29, 1.82) is 0 Å². The topological polar surface area (TPSA) is 35.5 Å². The maximum absolute atomic E-state index is 11.7. The molecule has 3 heteroatoms. The van der Waals surface area contributed by atoms with Crippen LogP contribution < -0.4 is 4.74 Å².